The molecule has 0 spiro atoms. The van der Waals surface area contributed by atoms with Gasteiger partial charge in [0.25, 0.3) is 0 Å². The third kappa shape index (κ3) is 7.01. The Morgan fingerprint density at radius 1 is 1.25 bits per heavy atom. The molecule has 0 saturated carbocycles. The number of carboxylic acids is 1. The van der Waals surface area contributed by atoms with Gasteiger partial charge in [0, 0.05) is 5.69 Å². The van der Waals surface area contributed by atoms with Crippen molar-refractivity contribution < 1.29 is 33.7 Å². The number of allylic oxidation sites excluding steroid dienone is 3. The second-order valence-corrected chi connectivity index (χ2v) is 8.16. The van der Waals surface area contributed by atoms with E-state index in [1.807, 2.05) is 0 Å². The molecular weight excluding hydrogens is 414 g/mol. The van der Waals surface area contributed by atoms with Crippen LogP contribution >= 0.6 is 0 Å². The molecule has 32 heavy (non-hydrogen) atoms. The minimum absolute atomic E-state index is 0.00983. The van der Waals surface area contributed by atoms with Crippen LogP contribution in [0.15, 0.2) is 53.5 Å². The number of carbonyl (C=O) groups excluding carboxylic acids is 2. The molecule has 172 valence electrons. The lowest BCUT2D eigenvalue weighted by Gasteiger charge is -2.21. The zero-order chi connectivity index (χ0) is 23.9. The summed E-state index contributed by atoms with van der Waals surface area (Å²) < 4.78 is 16.5. The third-order valence-corrected chi connectivity index (χ3v) is 4.34. The predicted octanol–water partition coefficient (Wildman–Crippen LogP) is 4.97. The standard InChI is InChI=1S/C24H29NO7/c1-6-7-10-19-20(15(2)21(26)27)30-13-8-9-16-14-17(11-12-18(16)22(28)31-19)25-23(29)32-24(3,4)5/h6-7,10-12,14H,8-9,13H2,1-5H3,(H,25,29)(H,26,27)/b7-6-,19-10+,20-15-. The van der Waals surface area contributed by atoms with Gasteiger partial charge >= 0.3 is 18.0 Å². The average molecular weight is 443 g/mol. The molecule has 0 aliphatic carbocycles. The number of ether oxygens (including phenoxy) is 3. The first-order valence-electron chi connectivity index (χ1n) is 10.3. The first-order chi connectivity index (χ1) is 15.0. The number of hydrogen-bond acceptors (Lipinski definition) is 6. The number of carboxylic acid groups (broad SMARTS) is 1. The number of amides is 1. The van der Waals surface area contributed by atoms with Crippen molar-refractivity contribution in [2.45, 2.75) is 53.1 Å². The minimum Gasteiger partial charge on any atom is -0.489 e. The molecule has 0 atom stereocenters. The van der Waals surface area contributed by atoms with Gasteiger partial charge in [0.1, 0.15) is 5.60 Å². The van der Waals surface area contributed by atoms with E-state index in [4.69, 9.17) is 14.2 Å². The maximum absolute atomic E-state index is 12.9. The summed E-state index contributed by atoms with van der Waals surface area (Å²) in [5.41, 5.74) is 0.766. The van der Waals surface area contributed by atoms with Crippen LogP contribution in [-0.2, 0) is 25.4 Å². The number of aryl methyl sites for hydroxylation is 1. The summed E-state index contributed by atoms with van der Waals surface area (Å²) in [7, 11) is 0. The van der Waals surface area contributed by atoms with Crippen molar-refractivity contribution in [2.75, 3.05) is 11.9 Å². The average Bonchev–Trinajstić information content (AvgIpc) is 2.69. The van der Waals surface area contributed by atoms with Crippen molar-refractivity contribution in [1.82, 2.24) is 0 Å². The van der Waals surface area contributed by atoms with E-state index in [-0.39, 0.29) is 23.7 Å². The van der Waals surface area contributed by atoms with E-state index in [1.165, 1.54) is 13.0 Å². The Labute approximate surface area is 187 Å². The first kappa shape index (κ1) is 24.7. The number of hydrogen-bond donors (Lipinski definition) is 2. The summed E-state index contributed by atoms with van der Waals surface area (Å²) in [6, 6.07) is 4.84. The van der Waals surface area contributed by atoms with Gasteiger partial charge in [0.15, 0.2) is 11.5 Å². The van der Waals surface area contributed by atoms with Gasteiger partial charge in [-0.15, -0.1) is 0 Å². The molecule has 8 nitrogen and oxygen atoms in total. The summed E-state index contributed by atoms with van der Waals surface area (Å²) in [4.78, 5) is 36.5. The lowest BCUT2D eigenvalue weighted by Crippen LogP contribution is -2.27. The van der Waals surface area contributed by atoms with E-state index < -0.39 is 23.6 Å². The molecule has 1 heterocycles. The SMILES string of the molecule is C\C=C/C=C1/OC(=O)c2ccc(NC(=O)OC(C)(C)C)cc2CCCO/C1=C(/C)C(=O)O. The lowest BCUT2D eigenvalue weighted by atomic mass is 10.0. The van der Waals surface area contributed by atoms with Gasteiger partial charge in [-0.05, 0) is 77.3 Å². The van der Waals surface area contributed by atoms with Crippen LogP contribution in [0.25, 0.3) is 0 Å². The number of aliphatic carboxylic acids is 1. The Balaban J connectivity index is 2.39. The van der Waals surface area contributed by atoms with Crippen LogP contribution in [0, 0.1) is 0 Å². The summed E-state index contributed by atoms with van der Waals surface area (Å²) in [6.45, 7) is 8.69. The van der Waals surface area contributed by atoms with Crippen LogP contribution in [0.1, 0.15) is 57.0 Å². The van der Waals surface area contributed by atoms with Crippen LogP contribution in [0.2, 0.25) is 0 Å². The zero-order valence-electron chi connectivity index (χ0n) is 19.0. The molecule has 0 fully saturated rings. The molecule has 0 radical (unpaired) electrons. The maximum Gasteiger partial charge on any atom is 0.412 e. The third-order valence-electron chi connectivity index (χ3n) is 4.34. The summed E-state index contributed by atoms with van der Waals surface area (Å²) in [6.07, 6.45) is 5.21. The number of benzene rings is 1. The summed E-state index contributed by atoms with van der Waals surface area (Å²) in [5, 5.41) is 12.1. The number of fused-ring (bicyclic) bond motifs is 1. The van der Waals surface area contributed by atoms with Gasteiger partial charge in [0.2, 0.25) is 0 Å². The van der Waals surface area contributed by atoms with Gasteiger partial charge in [0.05, 0.1) is 17.7 Å². The van der Waals surface area contributed by atoms with Crippen molar-refractivity contribution >= 4 is 23.7 Å². The molecule has 2 rings (SSSR count). The molecule has 8 heteroatoms. The number of cyclic esters (lactones) is 1. The first-order valence-corrected chi connectivity index (χ1v) is 10.3. The number of carbonyl (C=O) groups is 3. The highest BCUT2D eigenvalue weighted by Gasteiger charge is 2.24. The fraction of sp³-hybridized carbons (Fsp3) is 0.375. The van der Waals surface area contributed by atoms with E-state index in [1.54, 1.807) is 58.0 Å². The number of nitrogens with one attached hydrogen (secondary N) is 1. The van der Waals surface area contributed by atoms with Crippen molar-refractivity contribution in [2.24, 2.45) is 0 Å². The molecule has 1 aliphatic heterocycles. The van der Waals surface area contributed by atoms with E-state index in [2.05, 4.69) is 5.32 Å². The van der Waals surface area contributed by atoms with Crippen LogP contribution in [0.5, 0.6) is 0 Å². The summed E-state index contributed by atoms with van der Waals surface area (Å²) >= 11 is 0. The predicted molar refractivity (Wildman–Crippen MR) is 119 cm³/mol. The highest BCUT2D eigenvalue weighted by molar-refractivity contribution is 5.94. The molecule has 0 unspecified atom stereocenters. The molecule has 0 aromatic heterocycles. The molecule has 2 N–H and O–H groups in total. The Kier molecular flexibility index (Phi) is 8.23. The van der Waals surface area contributed by atoms with Gasteiger partial charge in [-0.1, -0.05) is 12.2 Å². The Morgan fingerprint density at radius 3 is 2.59 bits per heavy atom. The Bertz CT molecular complexity index is 981. The molecule has 1 aromatic rings. The second kappa shape index (κ2) is 10.7. The Morgan fingerprint density at radius 2 is 1.97 bits per heavy atom. The van der Waals surface area contributed by atoms with Crippen LogP contribution in [-0.4, -0.2) is 35.3 Å². The fourth-order valence-corrected chi connectivity index (χ4v) is 2.89. The second-order valence-electron chi connectivity index (χ2n) is 8.16. The van der Waals surface area contributed by atoms with Gasteiger partial charge in [-0.3, -0.25) is 5.32 Å². The lowest BCUT2D eigenvalue weighted by molar-refractivity contribution is -0.132. The smallest absolute Gasteiger partial charge is 0.412 e. The van der Waals surface area contributed by atoms with Gasteiger partial charge in [-0.2, -0.15) is 0 Å². The minimum atomic E-state index is -1.17. The van der Waals surface area contributed by atoms with Crippen LogP contribution < -0.4 is 5.32 Å². The largest absolute Gasteiger partial charge is 0.489 e. The fourth-order valence-electron chi connectivity index (χ4n) is 2.89. The Hall–Kier alpha value is -3.55. The quantitative estimate of drug-likeness (QED) is 0.501. The van der Waals surface area contributed by atoms with E-state index in [0.717, 1.165) is 0 Å². The van der Waals surface area contributed by atoms with Crippen molar-refractivity contribution in [1.29, 1.82) is 0 Å². The van der Waals surface area contributed by atoms with E-state index in [9.17, 15) is 19.5 Å². The zero-order valence-corrected chi connectivity index (χ0v) is 19.0. The van der Waals surface area contributed by atoms with Crippen LogP contribution in [0.3, 0.4) is 0 Å². The molecule has 1 aliphatic rings. The highest BCUT2D eigenvalue weighted by atomic mass is 16.6. The normalized spacial score (nSPS) is 17.8. The monoisotopic (exact) mass is 443 g/mol. The van der Waals surface area contributed by atoms with Gasteiger partial charge in [-0.25, -0.2) is 14.4 Å². The topological polar surface area (TPSA) is 111 Å². The molecular formula is C24H29NO7. The molecule has 1 amide bonds. The van der Waals surface area contributed by atoms with Crippen molar-refractivity contribution in [3.05, 3.63) is 64.6 Å². The van der Waals surface area contributed by atoms with E-state index in [0.29, 0.717) is 29.7 Å². The number of esters is 1. The van der Waals surface area contributed by atoms with Crippen molar-refractivity contribution in [3.8, 4) is 0 Å². The number of rotatable bonds is 3. The summed E-state index contributed by atoms with van der Waals surface area (Å²) in [5.74, 6) is -1.80. The van der Waals surface area contributed by atoms with Gasteiger partial charge < -0.3 is 19.3 Å². The highest BCUT2D eigenvalue weighted by Crippen LogP contribution is 2.26. The van der Waals surface area contributed by atoms with Crippen molar-refractivity contribution in [3.63, 3.8) is 0 Å². The maximum atomic E-state index is 12.9. The van der Waals surface area contributed by atoms with E-state index >= 15 is 0 Å². The number of anilines is 1. The molecule has 1 aromatic carbocycles. The molecule has 0 bridgehead atoms. The molecule has 0 saturated heterocycles. The van der Waals surface area contributed by atoms with Crippen LogP contribution in [0.4, 0.5) is 10.5 Å².